The molecule has 0 aliphatic heterocycles. The average molecular weight is 559 g/mol. The van der Waals surface area contributed by atoms with Crippen molar-refractivity contribution in [1.29, 1.82) is 0 Å². The molecule has 1 aromatic heterocycles. The number of aromatic nitrogens is 1. The van der Waals surface area contributed by atoms with Gasteiger partial charge in [0.05, 0.1) is 0 Å². The van der Waals surface area contributed by atoms with Crippen LogP contribution in [0.15, 0.2) is 85.2 Å². The summed E-state index contributed by atoms with van der Waals surface area (Å²) >= 11 is 0. The zero-order chi connectivity index (χ0) is 28.4. The second-order valence-corrected chi connectivity index (χ2v) is 7.83. The average Bonchev–Trinajstić information content (AvgIpc) is 2.82. The number of ether oxygens (including phenoxy) is 3. The molecular weight excluding hydrogens is 545 g/mol. The highest BCUT2D eigenvalue weighted by molar-refractivity contribution is 5.93. The van der Waals surface area contributed by atoms with Crippen LogP contribution in [0.4, 0.5) is 39.5 Å². The minimum Gasteiger partial charge on any atom is -0.406 e. The van der Waals surface area contributed by atoms with E-state index in [1.54, 1.807) is 0 Å². The Hall–Kier alpha value is -4.42. The maximum Gasteiger partial charge on any atom is 0.573 e. The Kier molecular flexibility index (Phi) is 7.35. The molecule has 4 nitrogen and oxygen atoms in total. The minimum atomic E-state index is -4.92. The normalized spacial score (nSPS) is 12.2. The minimum absolute atomic E-state index is 0.364. The van der Waals surface area contributed by atoms with Gasteiger partial charge in [0.15, 0.2) is 0 Å². The fraction of sp³-hybridized carbons (Fsp3) is 0.115. The second kappa shape index (κ2) is 10.4. The Morgan fingerprint density at radius 3 is 0.974 bits per heavy atom. The molecule has 0 aliphatic carbocycles. The predicted octanol–water partition coefficient (Wildman–Crippen LogP) is 8.78. The van der Waals surface area contributed by atoms with Crippen LogP contribution in [0, 0.1) is 0 Å². The highest BCUT2D eigenvalue weighted by Gasteiger charge is 2.32. The van der Waals surface area contributed by atoms with Crippen molar-refractivity contribution in [2.45, 2.75) is 19.1 Å². The Morgan fingerprint density at radius 1 is 0.410 bits per heavy atom. The summed E-state index contributed by atoms with van der Waals surface area (Å²) in [4.78, 5) is 4.16. The van der Waals surface area contributed by atoms with Crippen LogP contribution in [-0.2, 0) is 0 Å². The maximum atomic E-state index is 12.6. The van der Waals surface area contributed by atoms with Crippen molar-refractivity contribution in [2.75, 3.05) is 0 Å². The van der Waals surface area contributed by atoms with Crippen LogP contribution < -0.4 is 14.2 Å². The number of rotatable bonds is 6. The molecule has 13 heteroatoms. The third kappa shape index (κ3) is 7.55. The van der Waals surface area contributed by atoms with Crippen molar-refractivity contribution in [3.8, 4) is 50.6 Å². The van der Waals surface area contributed by atoms with E-state index >= 15 is 0 Å². The Balaban J connectivity index is 1.81. The standard InChI is InChI=1S/C26H14F9NO3/c27-24(28,29)37-18-7-1-15(2-8-18)21-13-36-14-22(16-3-9-19(10-4-16)38-25(30,31)32)23(21)17-5-11-20(12-6-17)39-26(33,34)35/h1-14H. The van der Waals surface area contributed by atoms with Crippen LogP contribution in [0.3, 0.4) is 0 Å². The van der Waals surface area contributed by atoms with Gasteiger partial charge in [0.25, 0.3) is 0 Å². The highest BCUT2D eigenvalue weighted by Crippen LogP contribution is 2.41. The second-order valence-electron chi connectivity index (χ2n) is 7.83. The number of nitrogens with zero attached hydrogens (tertiary/aromatic N) is 1. The van der Waals surface area contributed by atoms with Crippen LogP contribution in [0.5, 0.6) is 17.2 Å². The van der Waals surface area contributed by atoms with Crippen molar-refractivity contribution >= 4 is 0 Å². The summed E-state index contributed by atoms with van der Waals surface area (Å²) in [7, 11) is 0. The molecular formula is C26H14F9NO3. The lowest BCUT2D eigenvalue weighted by Gasteiger charge is -2.17. The fourth-order valence-corrected chi connectivity index (χ4v) is 3.70. The first kappa shape index (κ1) is 27.6. The smallest absolute Gasteiger partial charge is 0.406 e. The summed E-state index contributed by atoms with van der Waals surface area (Å²) in [5.74, 6) is -1.46. The van der Waals surface area contributed by atoms with Crippen LogP contribution in [0.25, 0.3) is 33.4 Å². The van der Waals surface area contributed by atoms with Gasteiger partial charge in [-0.1, -0.05) is 36.4 Å². The molecule has 3 aromatic carbocycles. The van der Waals surface area contributed by atoms with Gasteiger partial charge in [-0.25, -0.2) is 0 Å². The number of pyridine rings is 1. The molecule has 0 spiro atoms. The number of benzene rings is 3. The number of halogens is 9. The molecule has 0 N–H and O–H groups in total. The fourth-order valence-electron chi connectivity index (χ4n) is 3.70. The highest BCUT2D eigenvalue weighted by atomic mass is 19.4. The third-order valence-electron chi connectivity index (χ3n) is 5.12. The molecule has 4 aromatic rings. The van der Waals surface area contributed by atoms with Crippen molar-refractivity contribution in [1.82, 2.24) is 4.98 Å². The number of hydrogen-bond acceptors (Lipinski definition) is 4. The lowest BCUT2D eigenvalue weighted by atomic mass is 9.89. The summed E-state index contributed by atoms with van der Waals surface area (Å²) in [6.45, 7) is 0. The van der Waals surface area contributed by atoms with Gasteiger partial charge in [-0.3, -0.25) is 4.98 Å². The molecule has 0 amide bonds. The summed E-state index contributed by atoms with van der Waals surface area (Å²) in [5, 5.41) is 0. The van der Waals surface area contributed by atoms with E-state index in [2.05, 4.69) is 19.2 Å². The van der Waals surface area contributed by atoms with E-state index < -0.39 is 36.3 Å². The van der Waals surface area contributed by atoms with Gasteiger partial charge in [-0.15, -0.1) is 39.5 Å². The van der Waals surface area contributed by atoms with Crippen molar-refractivity contribution in [3.05, 3.63) is 85.2 Å². The van der Waals surface area contributed by atoms with Crippen LogP contribution in [0.2, 0.25) is 0 Å². The van der Waals surface area contributed by atoms with Gasteiger partial charge < -0.3 is 14.2 Å². The van der Waals surface area contributed by atoms with Crippen LogP contribution >= 0.6 is 0 Å². The largest absolute Gasteiger partial charge is 0.573 e. The summed E-state index contributed by atoms with van der Waals surface area (Å²) in [6.07, 6.45) is -12.0. The molecule has 0 saturated heterocycles. The molecule has 0 aliphatic rings. The first-order valence-electron chi connectivity index (χ1n) is 10.7. The summed E-state index contributed by atoms with van der Waals surface area (Å²) in [6, 6.07) is 14.4. The third-order valence-corrected chi connectivity index (χ3v) is 5.12. The molecule has 0 unspecified atom stereocenters. The zero-order valence-electron chi connectivity index (χ0n) is 19.2. The van der Waals surface area contributed by atoms with E-state index in [1.807, 2.05) is 0 Å². The van der Waals surface area contributed by atoms with Gasteiger partial charge >= 0.3 is 19.1 Å². The van der Waals surface area contributed by atoms with Crippen LogP contribution in [-0.4, -0.2) is 24.1 Å². The monoisotopic (exact) mass is 559 g/mol. The predicted molar refractivity (Wildman–Crippen MR) is 121 cm³/mol. The molecule has 0 fully saturated rings. The summed E-state index contributed by atoms with van der Waals surface area (Å²) < 4.78 is 125. The van der Waals surface area contributed by atoms with Crippen molar-refractivity contribution < 1.29 is 53.7 Å². The van der Waals surface area contributed by atoms with Crippen molar-refractivity contribution in [3.63, 3.8) is 0 Å². The first-order chi connectivity index (χ1) is 18.2. The Morgan fingerprint density at radius 2 is 0.692 bits per heavy atom. The van der Waals surface area contributed by atoms with Gasteiger partial charge in [-0.05, 0) is 53.1 Å². The lowest BCUT2D eigenvalue weighted by Crippen LogP contribution is -2.17. The van der Waals surface area contributed by atoms with E-state index in [0.29, 0.717) is 33.4 Å². The lowest BCUT2D eigenvalue weighted by molar-refractivity contribution is -0.275. The molecule has 39 heavy (non-hydrogen) atoms. The van der Waals surface area contributed by atoms with E-state index in [9.17, 15) is 39.5 Å². The Labute approximate surface area is 214 Å². The molecule has 4 rings (SSSR count). The van der Waals surface area contributed by atoms with Gasteiger partial charge in [0.2, 0.25) is 0 Å². The number of hydrogen-bond donors (Lipinski definition) is 0. The first-order valence-corrected chi connectivity index (χ1v) is 10.7. The molecule has 0 atom stereocenters. The van der Waals surface area contributed by atoms with E-state index in [0.717, 1.165) is 36.4 Å². The molecule has 0 saturated carbocycles. The Bertz CT molecular complexity index is 1330. The quantitative estimate of drug-likeness (QED) is 0.222. The maximum absolute atomic E-state index is 12.6. The van der Waals surface area contributed by atoms with E-state index in [4.69, 9.17) is 0 Å². The van der Waals surface area contributed by atoms with Crippen molar-refractivity contribution in [2.24, 2.45) is 0 Å². The summed E-state index contributed by atoms with van der Waals surface area (Å²) in [5.41, 5.74) is 2.24. The van der Waals surface area contributed by atoms with Crippen LogP contribution in [0.1, 0.15) is 0 Å². The molecule has 204 valence electrons. The number of alkyl halides is 9. The zero-order valence-corrected chi connectivity index (χ0v) is 19.2. The molecule has 0 bridgehead atoms. The molecule has 0 radical (unpaired) electrons. The van der Waals surface area contributed by atoms with E-state index in [-0.39, 0.29) is 0 Å². The van der Waals surface area contributed by atoms with E-state index in [1.165, 1.54) is 48.8 Å². The SMILES string of the molecule is FC(F)(F)Oc1ccc(-c2cncc(-c3ccc(OC(F)(F)F)cc3)c2-c2ccc(OC(F)(F)F)cc2)cc1. The van der Waals surface area contributed by atoms with Gasteiger partial charge in [0, 0.05) is 29.1 Å². The van der Waals surface area contributed by atoms with Gasteiger partial charge in [-0.2, -0.15) is 0 Å². The van der Waals surface area contributed by atoms with Gasteiger partial charge in [0.1, 0.15) is 17.2 Å². The molecule has 1 heterocycles. The topological polar surface area (TPSA) is 40.6 Å².